The number of rotatable bonds is 4. The van der Waals surface area contributed by atoms with Gasteiger partial charge >= 0.3 is 0 Å². The highest BCUT2D eigenvalue weighted by Crippen LogP contribution is 2.35. The smallest absolute Gasteiger partial charge is 0.184 e. The third-order valence-electron chi connectivity index (χ3n) is 2.65. The molecule has 0 unspecified atom stereocenters. The summed E-state index contributed by atoms with van der Waals surface area (Å²) in [6, 6.07) is 3.25. The Morgan fingerprint density at radius 3 is 2.65 bits per heavy atom. The molecule has 0 aliphatic carbocycles. The van der Waals surface area contributed by atoms with Crippen molar-refractivity contribution < 1.29 is 18.5 Å². The van der Waals surface area contributed by atoms with Crippen LogP contribution < -0.4 is 4.74 Å². The molecule has 1 aromatic carbocycles. The van der Waals surface area contributed by atoms with E-state index in [1.54, 1.807) is 13.0 Å². The molecule has 0 fully saturated rings. The molecule has 0 bridgehead atoms. The molecule has 110 valence electrons. The number of carbonyl (C=O) groups excluding carboxylic acids is 1. The van der Waals surface area contributed by atoms with Crippen molar-refractivity contribution in [1.29, 1.82) is 0 Å². The molecule has 2 rings (SSSR count). The van der Waals surface area contributed by atoms with Crippen molar-refractivity contribution in [2.45, 2.75) is 20.8 Å². The molecular weight excluding hydrogens is 299 g/mol. The number of hydrogen-bond acceptors (Lipinski definition) is 5. The lowest BCUT2D eigenvalue weighted by Crippen LogP contribution is -1.98. The molecule has 0 spiro atoms. The van der Waals surface area contributed by atoms with Gasteiger partial charge in [0.1, 0.15) is 11.6 Å². The molecule has 0 radical (unpaired) electrons. The van der Waals surface area contributed by atoms with Gasteiger partial charge in [-0.2, -0.15) is 0 Å². The monoisotopic (exact) mass is 316 g/mol. The first-order valence-corrected chi connectivity index (χ1v) is 7.90. The normalized spacial score (nSPS) is 10.1. The number of thiophene rings is 1. The van der Waals surface area contributed by atoms with E-state index < -0.39 is 0 Å². The zero-order valence-corrected chi connectivity index (χ0v) is 13.5. The zero-order valence-electron chi connectivity index (χ0n) is 11.8. The van der Waals surface area contributed by atoms with Gasteiger partial charge in [-0.05, 0) is 31.1 Å². The predicted molar refractivity (Wildman–Crippen MR) is 83.8 cm³/mol. The molecule has 3 nitrogen and oxygen atoms in total. The van der Waals surface area contributed by atoms with Gasteiger partial charge in [0.15, 0.2) is 5.78 Å². The van der Waals surface area contributed by atoms with Crippen molar-refractivity contribution in [2.24, 2.45) is 0 Å². The highest BCUT2D eigenvalue weighted by Gasteiger charge is 2.16. The summed E-state index contributed by atoms with van der Waals surface area (Å²) in [5.74, 6) is -0.127. The number of methoxy groups -OCH3 is 1. The van der Waals surface area contributed by atoms with Crippen LogP contribution in [0.5, 0.6) is 5.75 Å². The summed E-state index contributed by atoms with van der Waals surface area (Å²) in [6.07, 6.45) is 0. The van der Waals surface area contributed by atoms with E-state index in [1.807, 2.05) is 13.8 Å². The first-order valence-electron chi connectivity index (χ1n) is 6.14. The van der Waals surface area contributed by atoms with Crippen LogP contribution in [-0.2, 0) is 0 Å². The third kappa shape index (κ3) is 3.31. The van der Waals surface area contributed by atoms with Crippen molar-refractivity contribution in [3.8, 4) is 5.75 Å². The summed E-state index contributed by atoms with van der Waals surface area (Å²) in [5, 5.41) is 0.421. The maximum Gasteiger partial charge on any atom is 0.184 e. The topological polar surface area (TPSA) is 46.5 Å². The number of ether oxygens (including phenoxy) is 1. The number of ketones is 1. The van der Waals surface area contributed by atoms with E-state index in [9.17, 15) is 9.18 Å². The van der Waals surface area contributed by atoms with Gasteiger partial charge in [-0.3, -0.25) is 4.79 Å². The molecule has 0 atom stereocenters. The van der Waals surface area contributed by atoms with E-state index in [1.165, 1.54) is 24.5 Å². The second-order valence-corrected chi connectivity index (χ2v) is 5.37. The largest absolute Gasteiger partial charge is 0.496 e. The number of fused-ring (bicyclic) bond motifs is 1. The highest BCUT2D eigenvalue weighted by molar-refractivity contribution is 7.94. The lowest BCUT2D eigenvalue weighted by Gasteiger charge is -2.05. The highest BCUT2D eigenvalue weighted by atomic mass is 32.2. The molecule has 1 aromatic heterocycles. The van der Waals surface area contributed by atoms with Crippen LogP contribution in [0.1, 0.15) is 29.1 Å². The molecular formula is C14H17FO3S2. The first-order chi connectivity index (χ1) is 9.58. The minimum absolute atomic E-state index is 0.0233. The lowest BCUT2D eigenvalue weighted by molar-refractivity contribution is 0.102. The van der Waals surface area contributed by atoms with Gasteiger partial charge in [-0.25, -0.2) is 4.39 Å². The molecule has 0 saturated carbocycles. The van der Waals surface area contributed by atoms with Crippen LogP contribution in [0.15, 0.2) is 12.1 Å². The molecule has 0 aliphatic heterocycles. The molecule has 0 aliphatic rings. The van der Waals surface area contributed by atoms with E-state index in [2.05, 4.69) is 0 Å². The fraction of sp³-hybridized carbons (Fsp3) is 0.357. The van der Waals surface area contributed by atoms with Crippen molar-refractivity contribution >= 4 is 39.2 Å². The van der Waals surface area contributed by atoms with E-state index >= 15 is 0 Å². The van der Waals surface area contributed by atoms with Crippen LogP contribution in [0, 0.1) is 12.7 Å². The summed E-state index contributed by atoms with van der Waals surface area (Å²) < 4.78 is 28.5. The van der Waals surface area contributed by atoms with Gasteiger partial charge in [0, 0.05) is 15.6 Å². The molecule has 2 aromatic rings. The maximum atomic E-state index is 14.1. The molecule has 6 heteroatoms. The van der Waals surface area contributed by atoms with Crippen LogP contribution >= 0.6 is 23.4 Å². The Balaban J connectivity index is 0.000000956. The van der Waals surface area contributed by atoms with Crippen LogP contribution in [0.25, 0.3) is 10.1 Å². The quantitative estimate of drug-likeness (QED) is 0.652. The van der Waals surface area contributed by atoms with Crippen molar-refractivity contribution in [2.75, 3.05) is 12.9 Å². The van der Waals surface area contributed by atoms with Crippen LogP contribution in [0.2, 0.25) is 0 Å². The second-order valence-electron chi connectivity index (χ2n) is 3.74. The fourth-order valence-electron chi connectivity index (χ4n) is 1.70. The summed E-state index contributed by atoms with van der Waals surface area (Å²) in [5.41, 5.74) is 0.429. The molecule has 1 N–H and O–H groups in total. The average Bonchev–Trinajstić information content (AvgIpc) is 2.89. The Morgan fingerprint density at radius 2 is 2.10 bits per heavy atom. The van der Waals surface area contributed by atoms with E-state index in [0.717, 1.165) is 0 Å². The number of hydrogen-bond donors (Lipinski definition) is 1. The Labute approximate surface area is 126 Å². The molecule has 20 heavy (non-hydrogen) atoms. The molecule has 0 amide bonds. The van der Waals surface area contributed by atoms with Crippen molar-refractivity contribution in [1.82, 2.24) is 0 Å². The van der Waals surface area contributed by atoms with Gasteiger partial charge < -0.3 is 9.29 Å². The van der Waals surface area contributed by atoms with Crippen molar-refractivity contribution in [3.63, 3.8) is 0 Å². The number of halogens is 1. The Morgan fingerprint density at radius 1 is 1.45 bits per heavy atom. The summed E-state index contributed by atoms with van der Waals surface area (Å²) in [6.45, 7) is 5.64. The number of benzene rings is 1. The van der Waals surface area contributed by atoms with Crippen LogP contribution in [0.3, 0.4) is 0 Å². The second kappa shape index (κ2) is 7.61. The number of carbonyl (C=O) groups is 1. The predicted octanol–water partition coefficient (Wildman–Crippen LogP) is 4.77. The standard InChI is InChI=1S/C12H11FO3S2.C2H6/c1-6-9(16-2)4-10-7(12(6)13)3-11(18-10)8(14)5-17-15;1-2/h3-4,15H,5H2,1-2H3;1-2H3. The van der Waals surface area contributed by atoms with Crippen LogP contribution in [0.4, 0.5) is 4.39 Å². The molecule has 0 saturated heterocycles. The van der Waals surface area contributed by atoms with Crippen LogP contribution in [-0.4, -0.2) is 23.2 Å². The minimum atomic E-state index is -0.365. The molecule has 1 heterocycles. The van der Waals surface area contributed by atoms with E-state index in [0.29, 0.717) is 38.3 Å². The Hall–Kier alpha value is -1.11. The third-order valence-corrected chi connectivity index (χ3v) is 4.16. The zero-order chi connectivity index (χ0) is 15.3. The van der Waals surface area contributed by atoms with E-state index in [-0.39, 0.29) is 17.4 Å². The van der Waals surface area contributed by atoms with Gasteiger partial charge in [0.05, 0.1) is 17.7 Å². The summed E-state index contributed by atoms with van der Waals surface area (Å²) >= 11 is 1.67. The average molecular weight is 316 g/mol. The number of Topliss-reactive ketones (excluding diaryl/α,β-unsaturated/α-hetero) is 1. The Kier molecular flexibility index (Phi) is 6.45. The summed E-state index contributed by atoms with van der Waals surface area (Å²) in [7, 11) is 1.48. The van der Waals surface area contributed by atoms with Gasteiger partial charge in [-0.15, -0.1) is 11.3 Å². The van der Waals surface area contributed by atoms with Gasteiger partial charge in [0.2, 0.25) is 0 Å². The van der Waals surface area contributed by atoms with Gasteiger partial charge in [0.25, 0.3) is 0 Å². The minimum Gasteiger partial charge on any atom is -0.496 e. The van der Waals surface area contributed by atoms with Gasteiger partial charge in [-0.1, -0.05) is 13.8 Å². The van der Waals surface area contributed by atoms with Crippen molar-refractivity contribution in [3.05, 3.63) is 28.4 Å². The van der Waals surface area contributed by atoms with E-state index in [4.69, 9.17) is 9.29 Å². The lowest BCUT2D eigenvalue weighted by atomic mass is 10.1. The summed E-state index contributed by atoms with van der Waals surface area (Å²) in [4.78, 5) is 12.1. The fourth-order valence-corrected chi connectivity index (χ4v) is 3.09. The maximum absolute atomic E-state index is 14.1. The first kappa shape index (κ1) is 16.9. The Bertz CT molecular complexity index is 608. The SMILES string of the molecule is CC.COc1cc2sc(C(=O)CSO)cc2c(F)c1C.